The topological polar surface area (TPSA) is 44.1 Å². The quantitative estimate of drug-likeness (QED) is 0.588. The van der Waals surface area contributed by atoms with E-state index in [2.05, 4.69) is 0 Å². The second-order valence-electron chi connectivity index (χ2n) is 3.21. The molecule has 0 radical (unpaired) electrons. The maximum Gasteiger partial charge on any atom is 0.223 e. The third kappa shape index (κ3) is 2.54. The van der Waals surface area contributed by atoms with Crippen molar-refractivity contribution in [3.63, 3.8) is 0 Å². The highest BCUT2D eigenvalue weighted by molar-refractivity contribution is 5.76. The van der Waals surface area contributed by atoms with Crippen molar-refractivity contribution in [3.8, 4) is 6.07 Å². The molecule has 1 rings (SSSR count). The summed E-state index contributed by atoms with van der Waals surface area (Å²) < 4.78 is 0. The van der Waals surface area contributed by atoms with Crippen LogP contribution in [0.15, 0.2) is 0 Å². The molecule has 66 valence electrons. The third-order valence-corrected chi connectivity index (χ3v) is 2.16. The molecule has 1 saturated carbocycles. The van der Waals surface area contributed by atoms with Gasteiger partial charge in [-0.3, -0.25) is 4.79 Å². The van der Waals surface area contributed by atoms with E-state index in [9.17, 15) is 4.79 Å². The SMILES string of the molecule is CCN(CC#N)C(=O)CC1CC1. The lowest BCUT2D eigenvalue weighted by Gasteiger charge is -2.16. The van der Waals surface area contributed by atoms with E-state index in [0.29, 0.717) is 18.9 Å². The molecule has 0 heterocycles. The fraction of sp³-hybridized carbons (Fsp3) is 0.778. The van der Waals surface area contributed by atoms with Crippen molar-refractivity contribution < 1.29 is 4.79 Å². The Morgan fingerprint density at radius 2 is 2.33 bits per heavy atom. The second-order valence-corrected chi connectivity index (χ2v) is 3.21. The van der Waals surface area contributed by atoms with Gasteiger partial charge in [-0.05, 0) is 25.7 Å². The molecule has 1 amide bonds. The van der Waals surface area contributed by atoms with Crippen molar-refractivity contribution in [1.82, 2.24) is 4.90 Å². The van der Waals surface area contributed by atoms with Gasteiger partial charge in [-0.2, -0.15) is 5.26 Å². The van der Waals surface area contributed by atoms with Crippen LogP contribution < -0.4 is 0 Å². The summed E-state index contributed by atoms with van der Waals surface area (Å²) in [5, 5.41) is 8.42. The number of nitrogens with zero attached hydrogens (tertiary/aromatic N) is 2. The Kier molecular flexibility index (Phi) is 3.09. The molecule has 0 atom stereocenters. The van der Waals surface area contributed by atoms with Gasteiger partial charge in [-0.1, -0.05) is 0 Å². The first-order valence-corrected chi connectivity index (χ1v) is 4.42. The van der Waals surface area contributed by atoms with E-state index >= 15 is 0 Å². The van der Waals surface area contributed by atoms with Crippen LogP contribution in [0.4, 0.5) is 0 Å². The Balaban J connectivity index is 2.30. The Hall–Kier alpha value is -1.04. The van der Waals surface area contributed by atoms with Crippen LogP contribution in [0.5, 0.6) is 0 Å². The molecule has 0 unspecified atom stereocenters. The molecular formula is C9H14N2O. The lowest BCUT2D eigenvalue weighted by Crippen LogP contribution is -2.31. The molecule has 0 aromatic heterocycles. The molecule has 0 N–H and O–H groups in total. The summed E-state index contributed by atoms with van der Waals surface area (Å²) in [7, 11) is 0. The van der Waals surface area contributed by atoms with E-state index in [1.165, 1.54) is 12.8 Å². The van der Waals surface area contributed by atoms with Crippen molar-refractivity contribution in [1.29, 1.82) is 5.26 Å². The van der Waals surface area contributed by atoms with Crippen LogP contribution in [0, 0.1) is 17.2 Å². The number of nitriles is 1. The van der Waals surface area contributed by atoms with Gasteiger partial charge < -0.3 is 4.90 Å². The number of rotatable bonds is 4. The summed E-state index contributed by atoms with van der Waals surface area (Å²) in [6, 6.07) is 2.00. The predicted molar refractivity (Wildman–Crippen MR) is 45.2 cm³/mol. The number of hydrogen-bond donors (Lipinski definition) is 0. The highest BCUT2D eigenvalue weighted by Gasteiger charge is 2.26. The number of hydrogen-bond acceptors (Lipinski definition) is 2. The van der Waals surface area contributed by atoms with Crippen molar-refractivity contribution in [2.45, 2.75) is 26.2 Å². The van der Waals surface area contributed by atoms with Crippen LogP contribution in [0.1, 0.15) is 26.2 Å². The highest BCUT2D eigenvalue weighted by atomic mass is 16.2. The molecule has 3 nitrogen and oxygen atoms in total. The third-order valence-electron chi connectivity index (χ3n) is 2.16. The maximum atomic E-state index is 11.4. The maximum absolute atomic E-state index is 11.4. The lowest BCUT2D eigenvalue weighted by atomic mass is 10.2. The Morgan fingerprint density at radius 3 is 2.75 bits per heavy atom. The van der Waals surface area contributed by atoms with Crippen LogP contribution in [-0.2, 0) is 4.79 Å². The van der Waals surface area contributed by atoms with Crippen LogP contribution in [0.3, 0.4) is 0 Å². The van der Waals surface area contributed by atoms with Crippen molar-refractivity contribution >= 4 is 5.91 Å². The van der Waals surface area contributed by atoms with E-state index in [1.54, 1.807) is 4.90 Å². The first-order chi connectivity index (χ1) is 5.77. The summed E-state index contributed by atoms with van der Waals surface area (Å²) in [4.78, 5) is 13.0. The fourth-order valence-corrected chi connectivity index (χ4v) is 1.16. The minimum atomic E-state index is 0.140. The zero-order valence-corrected chi connectivity index (χ0v) is 7.42. The largest absolute Gasteiger partial charge is 0.330 e. The standard InChI is InChI=1S/C9H14N2O/c1-2-11(6-5-10)9(12)7-8-3-4-8/h8H,2-4,6-7H2,1H3. The average molecular weight is 166 g/mol. The van der Waals surface area contributed by atoms with Crippen molar-refractivity contribution in [2.24, 2.45) is 5.92 Å². The summed E-state index contributed by atoms with van der Waals surface area (Å²) in [6.07, 6.45) is 3.03. The van der Waals surface area contributed by atoms with Gasteiger partial charge in [0, 0.05) is 13.0 Å². The minimum Gasteiger partial charge on any atom is -0.330 e. The minimum absolute atomic E-state index is 0.140. The van der Waals surface area contributed by atoms with Gasteiger partial charge in [-0.15, -0.1) is 0 Å². The Bertz CT molecular complexity index is 203. The molecule has 1 fully saturated rings. The van der Waals surface area contributed by atoms with Crippen LogP contribution in [0.2, 0.25) is 0 Å². The van der Waals surface area contributed by atoms with Gasteiger partial charge >= 0.3 is 0 Å². The van der Waals surface area contributed by atoms with Crippen LogP contribution in [-0.4, -0.2) is 23.9 Å². The lowest BCUT2D eigenvalue weighted by molar-refractivity contribution is -0.130. The molecule has 1 aliphatic rings. The van der Waals surface area contributed by atoms with E-state index < -0.39 is 0 Å². The zero-order valence-electron chi connectivity index (χ0n) is 7.42. The van der Waals surface area contributed by atoms with Crippen molar-refractivity contribution in [3.05, 3.63) is 0 Å². The second kappa shape index (κ2) is 4.10. The van der Waals surface area contributed by atoms with E-state index in [0.717, 1.165) is 0 Å². The van der Waals surface area contributed by atoms with Gasteiger partial charge in [0.05, 0.1) is 6.07 Å². The van der Waals surface area contributed by atoms with Gasteiger partial charge in [0.2, 0.25) is 5.91 Å². The first kappa shape index (κ1) is 9.05. The summed E-state index contributed by atoms with van der Waals surface area (Å²) in [5.41, 5.74) is 0. The zero-order chi connectivity index (χ0) is 8.97. The van der Waals surface area contributed by atoms with Crippen molar-refractivity contribution in [2.75, 3.05) is 13.1 Å². The average Bonchev–Trinajstić information content (AvgIpc) is 2.83. The normalized spacial score (nSPS) is 15.3. The summed E-state index contributed by atoms with van der Waals surface area (Å²) in [5.74, 6) is 0.756. The molecule has 0 saturated heterocycles. The molecule has 0 aromatic carbocycles. The monoisotopic (exact) mass is 166 g/mol. The van der Waals surface area contributed by atoms with Gasteiger partial charge in [0.1, 0.15) is 6.54 Å². The Morgan fingerprint density at radius 1 is 1.67 bits per heavy atom. The van der Waals surface area contributed by atoms with Crippen LogP contribution in [0.25, 0.3) is 0 Å². The molecule has 3 heteroatoms. The molecular weight excluding hydrogens is 152 g/mol. The molecule has 0 aliphatic heterocycles. The smallest absolute Gasteiger partial charge is 0.223 e. The van der Waals surface area contributed by atoms with E-state index in [4.69, 9.17) is 5.26 Å². The molecule has 0 aromatic rings. The molecule has 12 heavy (non-hydrogen) atoms. The Labute approximate surface area is 73.0 Å². The van der Waals surface area contributed by atoms with Gasteiger partial charge in [0.15, 0.2) is 0 Å². The first-order valence-electron chi connectivity index (χ1n) is 4.42. The fourth-order valence-electron chi connectivity index (χ4n) is 1.16. The number of carbonyl (C=O) groups excluding carboxylic acids is 1. The molecule has 0 spiro atoms. The predicted octanol–water partition coefficient (Wildman–Crippen LogP) is 1.16. The highest BCUT2D eigenvalue weighted by Crippen LogP contribution is 2.32. The number of carbonyl (C=O) groups is 1. The van der Waals surface area contributed by atoms with E-state index in [-0.39, 0.29) is 12.5 Å². The van der Waals surface area contributed by atoms with Gasteiger partial charge in [-0.25, -0.2) is 0 Å². The molecule has 0 bridgehead atoms. The van der Waals surface area contributed by atoms with E-state index in [1.807, 2.05) is 13.0 Å². The molecule has 1 aliphatic carbocycles. The summed E-state index contributed by atoms with van der Waals surface area (Å²) >= 11 is 0. The summed E-state index contributed by atoms with van der Waals surface area (Å²) in [6.45, 7) is 2.79. The van der Waals surface area contributed by atoms with Gasteiger partial charge in [0.25, 0.3) is 0 Å². The number of amides is 1. The van der Waals surface area contributed by atoms with Crippen LogP contribution >= 0.6 is 0 Å².